The second-order valence-electron chi connectivity index (χ2n) is 7.33. The molecule has 0 bridgehead atoms. The van der Waals surface area contributed by atoms with E-state index in [0.717, 1.165) is 27.7 Å². The number of hydrogen-bond donors (Lipinski definition) is 1. The molecule has 0 unspecified atom stereocenters. The lowest BCUT2D eigenvalue weighted by Crippen LogP contribution is -2.31. The zero-order valence-electron chi connectivity index (χ0n) is 17.2. The Morgan fingerprint density at radius 2 is 2.00 bits per heavy atom. The third kappa shape index (κ3) is 4.59. The highest BCUT2D eigenvalue weighted by Crippen LogP contribution is 2.36. The molecule has 0 saturated heterocycles. The highest BCUT2D eigenvalue weighted by atomic mass is 32.2. The highest BCUT2D eigenvalue weighted by Gasteiger charge is 2.29. The quantitative estimate of drug-likeness (QED) is 0.443. The first-order valence-corrected chi connectivity index (χ1v) is 10.7. The van der Waals surface area contributed by atoms with E-state index in [1.54, 1.807) is 12.3 Å². The summed E-state index contributed by atoms with van der Waals surface area (Å²) < 4.78 is 12.6. The lowest BCUT2D eigenvalue weighted by Gasteiger charge is -2.23. The third-order valence-electron chi connectivity index (χ3n) is 5.19. The Labute approximate surface area is 183 Å². The molecule has 1 aliphatic heterocycles. The number of Topliss-reactive ketones (excluding diaryl/α,β-unsaturated/α-hetero) is 1. The zero-order chi connectivity index (χ0) is 22.0. The Morgan fingerprint density at radius 1 is 1.19 bits per heavy atom. The summed E-state index contributed by atoms with van der Waals surface area (Å²) in [5.41, 5.74) is 2.95. The second kappa shape index (κ2) is 8.85. The minimum Gasteiger partial charge on any atom is -0.467 e. The van der Waals surface area contributed by atoms with Crippen molar-refractivity contribution in [1.82, 2.24) is 4.57 Å². The molecule has 1 atom stereocenters. The van der Waals surface area contributed by atoms with Crippen LogP contribution in [0.1, 0.15) is 33.9 Å². The van der Waals surface area contributed by atoms with Crippen molar-refractivity contribution in [3.8, 4) is 0 Å². The summed E-state index contributed by atoms with van der Waals surface area (Å²) in [5, 5.41) is 2.21. The average Bonchev–Trinajstić information content (AvgIpc) is 3.36. The molecule has 0 aliphatic carbocycles. The van der Waals surface area contributed by atoms with Crippen LogP contribution in [0.25, 0.3) is 0 Å². The van der Waals surface area contributed by atoms with Crippen molar-refractivity contribution in [1.29, 1.82) is 0 Å². The van der Waals surface area contributed by atoms with Gasteiger partial charge in [0.2, 0.25) is 11.7 Å². The number of anilines is 1. The van der Waals surface area contributed by atoms with E-state index in [9.17, 15) is 14.4 Å². The molecule has 1 aliphatic rings. The standard InChI is InChI=1S/C23H22N2O5S/c1-14-10-17(15(2)25(14)12-16-6-5-9-29-16)19(26)13-30-22(27)11-21-23(28)24-18-7-3-4-8-20(18)31-21/h3-10,21H,11-13H2,1-2H3,(H,24,28)/t21-/m0/s1. The molecule has 0 fully saturated rings. The van der Waals surface area contributed by atoms with Gasteiger partial charge in [0.1, 0.15) is 5.76 Å². The molecule has 1 amide bonds. The van der Waals surface area contributed by atoms with Crippen molar-refractivity contribution >= 4 is 35.1 Å². The molecule has 0 saturated carbocycles. The van der Waals surface area contributed by atoms with E-state index >= 15 is 0 Å². The number of nitrogens with one attached hydrogen (secondary N) is 1. The van der Waals surface area contributed by atoms with Gasteiger partial charge in [0.05, 0.1) is 30.2 Å². The van der Waals surface area contributed by atoms with Gasteiger partial charge in [0.25, 0.3) is 0 Å². The van der Waals surface area contributed by atoms with Crippen LogP contribution in [-0.2, 0) is 20.9 Å². The molecular formula is C23H22N2O5S. The Hall–Kier alpha value is -3.26. The Kier molecular flexibility index (Phi) is 5.99. The number of nitrogens with zero attached hydrogens (tertiary/aromatic N) is 1. The molecule has 0 spiro atoms. The van der Waals surface area contributed by atoms with E-state index < -0.39 is 11.2 Å². The summed E-state index contributed by atoms with van der Waals surface area (Å²) in [6.45, 7) is 3.92. The largest absolute Gasteiger partial charge is 0.467 e. The van der Waals surface area contributed by atoms with Crippen molar-refractivity contribution in [2.45, 2.75) is 37.0 Å². The summed E-state index contributed by atoms with van der Waals surface area (Å²) in [6.07, 6.45) is 1.51. The third-order valence-corrected chi connectivity index (χ3v) is 6.47. The fraction of sp³-hybridized carbons (Fsp3) is 0.261. The lowest BCUT2D eigenvalue weighted by molar-refractivity contribution is -0.143. The number of esters is 1. The van der Waals surface area contributed by atoms with Gasteiger partial charge in [-0.2, -0.15) is 0 Å². The molecule has 3 heterocycles. The van der Waals surface area contributed by atoms with Gasteiger partial charge in [-0.15, -0.1) is 11.8 Å². The molecule has 7 nitrogen and oxygen atoms in total. The zero-order valence-corrected chi connectivity index (χ0v) is 18.0. The normalized spacial score (nSPS) is 15.3. The van der Waals surface area contributed by atoms with Crippen LogP contribution < -0.4 is 5.32 Å². The number of ether oxygens (including phenoxy) is 1. The second-order valence-corrected chi connectivity index (χ2v) is 8.57. The van der Waals surface area contributed by atoms with Gasteiger partial charge < -0.3 is 19.0 Å². The van der Waals surface area contributed by atoms with Crippen molar-refractivity contribution in [3.63, 3.8) is 0 Å². The van der Waals surface area contributed by atoms with E-state index in [4.69, 9.17) is 9.15 Å². The molecule has 4 rings (SSSR count). The van der Waals surface area contributed by atoms with Crippen molar-refractivity contribution < 1.29 is 23.5 Å². The maximum absolute atomic E-state index is 12.7. The van der Waals surface area contributed by atoms with Gasteiger partial charge in [0.15, 0.2) is 6.61 Å². The van der Waals surface area contributed by atoms with Crippen LogP contribution in [0.2, 0.25) is 0 Å². The Morgan fingerprint density at radius 3 is 2.77 bits per heavy atom. The predicted molar refractivity (Wildman–Crippen MR) is 116 cm³/mol. The van der Waals surface area contributed by atoms with Crippen LogP contribution in [0, 0.1) is 13.8 Å². The smallest absolute Gasteiger partial charge is 0.307 e. The van der Waals surface area contributed by atoms with Crippen LogP contribution in [0.4, 0.5) is 5.69 Å². The topological polar surface area (TPSA) is 90.5 Å². The van der Waals surface area contributed by atoms with Crippen molar-refractivity contribution in [3.05, 3.63) is 71.4 Å². The summed E-state index contributed by atoms with van der Waals surface area (Å²) in [7, 11) is 0. The highest BCUT2D eigenvalue weighted by molar-refractivity contribution is 8.01. The van der Waals surface area contributed by atoms with Gasteiger partial charge in [-0.25, -0.2) is 0 Å². The minimum absolute atomic E-state index is 0.102. The lowest BCUT2D eigenvalue weighted by atomic mass is 10.1. The number of rotatable bonds is 7. The number of benzene rings is 1. The average molecular weight is 439 g/mol. The minimum atomic E-state index is -0.587. The molecule has 31 heavy (non-hydrogen) atoms. The summed E-state index contributed by atoms with van der Waals surface area (Å²) in [5.74, 6) is -0.312. The molecule has 2 aromatic heterocycles. The first-order chi connectivity index (χ1) is 14.9. The Balaban J connectivity index is 1.35. The predicted octanol–water partition coefficient (Wildman–Crippen LogP) is 3.98. The molecular weight excluding hydrogens is 416 g/mol. The molecule has 1 aromatic carbocycles. The molecule has 8 heteroatoms. The summed E-state index contributed by atoms with van der Waals surface area (Å²) >= 11 is 1.32. The maximum Gasteiger partial charge on any atom is 0.307 e. The number of thioether (sulfide) groups is 1. The summed E-state index contributed by atoms with van der Waals surface area (Å²) in [4.78, 5) is 38.1. The molecule has 1 N–H and O–H groups in total. The number of hydrogen-bond acceptors (Lipinski definition) is 6. The van der Waals surface area contributed by atoms with Crippen LogP contribution in [-0.4, -0.2) is 34.1 Å². The Bertz CT molecular complexity index is 1130. The maximum atomic E-state index is 12.7. The van der Waals surface area contributed by atoms with Crippen LogP contribution in [0.3, 0.4) is 0 Å². The SMILES string of the molecule is Cc1cc(C(=O)COC(=O)C[C@@H]2Sc3ccccc3NC2=O)c(C)n1Cc1ccco1. The van der Waals surface area contributed by atoms with Gasteiger partial charge in [-0.05, 0) is 44.2 Å². The number of ketones is 1. The van der Waals surface area contributed by atoms with Crippen LogP contribution >= 0.6 is 11.8 Å². The van der Waals surface area contributed by atoms with E-state index in [-0.39, 0.29) is 24.7 Å². The van der Waals surface area contributed by atoms with E-state index in [2.05, 4.69) is 5.32 Å². The van der Waals surface area contributed by atoms with E-state index in [0.29, 0.717) is 12.1 Å². The first-order valence-electron chi connectivity index (χ1n) is 9.87. The molecule has 0 radical (unpaired) electrons. The first kappa shape index (κ1) is 21.0. The number of fused-ring (bicyclic) bond motifs is 1. The number of carbonyl (C=O) groups is 3. The van der Waals surface area contributed by atoms with Gasteiger partial charge in [-0.1, -0.05) is 12.1 Å². The molecule has 3 aromatic rings. The van der Waals surface area contributed by atoms with Crippen LogP contribution in [0.5, 0.6) is 0 Å². The van der Waals surface area contributed by atoms with Gasteiger partial charge in [0, 0.05) is 21.8 Å². The number of carbonyl (C=O) groups excluding carboxylic acids is 3. The van der Waals surface area contributed by atoms with Crippen LogP contribution in [0.15, 0.2) is 58.0 Å². The van der Waals surface area contributed by atoms with Crippen molar-refractivity contribution in [2.24, 2.45) is 0 Å². The van der Waals surface area contributed by atoms with E-state index in [1.165, 1.54) is 11.8 Å². The van der Waals surface area contributed by atoms with Crippen molar-refractivity contribution in [2.75, 3.05) is 11.9 Å². The number of amides is 1. The van der Waals surface area contributed by atoms with Gasteiger partial charge >= 0.3 is 5.97 Å². The fourth-order valence-corrected chi connectivity index (χ4v) is 4.64. The van der Waals surface area contributed by atoms with Gasteiger partial charge in [-0.3, -0.25) is 14.4 Å². The number of aromatic nitrogens is 1. The number of para-hydroxylation sites is 1. The van der Waals surface area contributed by atoms with E-state index in [1.807, 2.05) is 54.8 Å². The number of furan rings is 1. The fourth-order valence-electron chi connectivity index (χ4n) is 3.55. The molecule has 160 valence electrons. The monoisotopic (exact) mass is 438 g/mol. The summed E-state index contributed by atoms with van der Waals surface area (Å²) in [6, 6.07) is 12.9. The number of aryl methyl sites for hydroxylation is 1.